The van der Waals surface area contributed by atoms with Gasteiger partial charge in [0.2, 0.25) is 0 Å². The van der Waals surface area contributed by atoms with Crippen molar-refractivity contribution in [1.29, 1.82) is 5.26 Å². The van der Waals surface area contributed by atoms with Crippen molar-refractivity contribution in [2.24, 2.45) is 10.9 Å². The van der Waals surface area contributed by atoms with Crippen molar-refractivity contribution >= 4 is 5.71 Å². The molecule has 0 aliphatic carbocycles. The summed E-state index contributed by atoms with van der Waals surface area (Å²) in [5.41, 5.74) is -0.458. The molecule has 15 heavy (non-hydrogen) atoms. The van der Waals surface area contributed by atoms with E-state index in [9.17, 15) is 8.78 Å². The number of allylic oxidation sites excluding steroid dienone is 1. The molecular weight excluding hydrogens is 200 g/mol. The van der Waals surface area contributed by atoms with E-state index in [-0.39, 0.29) is 16.8 Å². The van der Waals surface area contributed by atoms with E-state index < -0.39 is 11.6 Å². The predicted molar refractivity (Wildman–Crippen MR) is 51.8 cm³/mol. The van der Waals surface area contributed by atoms with E-state index in [1.807, 2.05) is 0 Å². The van der Waals surface area contributed by atoms with Gasteiger partial charge in [0.1, 0.15) is 23.4 Å². The molecule has 0 atom stereocenters. The lowest BCUT2D eigenvalue weighted by Crippen LogP contribution is -2.09. The lowest BCUT2D eigenvalue weighted by Gasteiger charge is -2.04. The summed E-state index contributed by atoms with van der Waals surface area (Å²) in [7, 11) is 0. The van der Waals surface area contributed by atoms with Crippen molar-refractivity contribution < 1.29 is 8.78 Å². The van der Waals surface area contributed by atoms with Crippen LogP contribution < -0.4 is 5.84 Å². The lowest BCUT2D eigenvalue weighted by molar-refractivity contribution is 0.598. The molecule has 0 spiro atoms. The van der Waals surface area contributed by atoms with Crippen LogP contribution in [0.3, 0.4) is 0 Å². The smallest absolute Gasteiger partial charge is 0.132 e. The van der Waals surface area contributed by atoms with E-state index in [0.717, 1.165) is 18.2 Å². The van der Waals surface area contributed by atoms with Crippen LogP contribution in [0.5, 0.6) is 0 Å². The first kappa shape index (κ1) is 10.9. The molecule has 1 aromatic rings. The second-order valence-corrected chi connectivity index (χ2v) is 2.69. The lowest BCUT2D eigenvalue weighted by atomic mass is 10.0. The topological polar surface area (TPSA) is 62.2 Å². The maximum absolute atomic E-state index is 13.2. The van der Waals surface area contributed by atoms with Gasteiger partial charge < -0.3 is 5.84 Å². The molecule has 0 aromatic heterocycles. The minimum atomic E-state index is -0.711. The molecule has 0 radical (unpaired) electrons. The van der Waals surface area contributed by atoms with Gasteiger partial charge in [-0.25, -0.2) is 8.78 Å². The molecule has 5 heteroatoms. The fourth-order valence-electron chi connectivity index (χ4n) is 1.04. The van der Waals surface area contributed by atoms with Gasteiger partial charge >= 0.3 is 0 Å². The van der Waals surface area contributed by atoms with Gasteiger partial charge in [-0.2, -0.15) is 10.4 Å². The highest BCUT2D eigenvalue weighted by Crippen LogP contribution is 2.14. The second-order valence-electron chi connectivity index (χ2n) is 2.69. The Balaban J connectivity index is 3.32. The Morgan fingerprint density at radius 1 is 1.47 bits per heavy atom. The van der Waals surface area contributed by atoms with Crippen molar-refractivity contribution in [1.82, 2.24) is 0 Å². The summed E-state index contributed by atoms with van der Waals surface area (Å²) in [5.74, 6) is 3.64. The van der Waals surface area contributed by atoms with Crippen molar-refractivity contribution in [3.8, 4) is 6.07 Å². The SMILES string of the molecule is C=C(C#N)/C(=N\N)c1cc(F)ccc1F. The third kappa shape index (κ3) is 2.17. The van der Waals surface area contributed by atoms with Crippen LogP contribution in [-0.2, 0) is 0 Å². The summed E-state index contributed by atoms with van der Waals surface area (Å²) in [4.78, 5) is 0. The van der Waals surface area contributed by atoms with Crippen molar-refractivity contribution in [3.05, 3.63) is 47.5 Å². The van der Waals surface area contributed by atoms with Gasteiger partial charge in [0.25, 0.3) is 0 Å². The number of nitrogens with two attached hydrogens (primary N) is 1. The zero-order valence-electron chi connectivity index (χ0n) is 7.67. The van der Waals surface area contributed by atoms with Crippen LogP contribution in [0.4, 0.5) is 8.78 Å². The van der Waals surface area contributed by atoms with Crippen molar-refractivity contribution in [3.63, 3.8) is 0 Å². The number of nitriles is 1. The number of nitrogens with zero attached hydrogens (tertiary/aromatic N) is 2. The van der Waals surface area contributed by atoms with Crippen LogP contribution in [0, 0.1) is 23.0 Å². The highest BCUT2D eigenvalue weighted by atomic mass is 19.1. The fraction of sp³-hybridized carbons (Fsp3) is 0. The van der Waals surface area contributed by atoms with Gasteiger partial charge in [0.15, 0.2) is 0 Å². The molecule has 0 bridgehead atoms. The van der Waals surface area contributed by atoms with E-state index in [1.54, 1.807) is 6.07 Å². The first-order valence-electron chi connectivity index (χ1n) is 3.92. The number of benzene rings is 1. The molecule has 3 nitrogen and oxygen atoms in total. The molecule has 0 amide bonds. The summed E-state index contributed by atoms with van der Waals surface area (Å²) in [5, 5.41) is 11.8. The Hall–Kier alpha value is -2.22. The van der Waals surface area contributed by atoms with E-state index in [4.69, 9.17) is 11.1 Å². The highest BCUT2D eigenvalue weighted by molar-refractivity contribution is 6.14. The van der Waals surface area contributed by atoms with Crippen LogP contribution in [0.15, 0.2) is 35.5 Å². The number of rotatable bonds is 2. The molecule has 0 saturated heterocycles. The molecule has 1 aromatic carbocycles. The highest BCUT2D eigenvalue weighted by Gasteiger charge is 2.13. The average molecular weight is 207 g/mol. The van der Waals surface area contributed by atoms with E-state index >= 15 is 0 Å². The van der Waals surface area contributed by atoms with E-state index in [0.29, 0.717) is 0 Å². The van der Waals surface area contributed by atoms with Crippen molar-refractivity contribution in [2.75, 3.05) is 0 Å². The van der Waals surface area contributed by atoms with Crippen molar-refractivity contribution in [2.45, 2.75) is 0 Å². The van der Waals surface area contributed by atoms with Crippen LogP contribution in [0.1, 0.15) is 5.56 Å². The van der Waals surface area contributed by atoms with Gasteiger partial charge in [-0.05, 0) is 18.2 Å². The Bertz CT molecular complexity index is 472. The second kappa shape index (κ2) is 4.33. The first-order chi connectivity index (χ1) is 7.10. The zero-order chi connectivity index (χ0) is 11.4. The standard InChI is InChI=1S/C10H7F2N3/c1-6(5-13)10(15-14)8-4-7(11)2-3-9(8)12/h2-4H,1,14H2/b15-10+. The first-order valence-corrected chi connectivity index (χ1v) is 3.92. The van der Waals surface area contributed by atoms with Crippen LogP contribution in [-0.4, -0.2) is 5.71 Å². The number of hydrogen-bond acceptors (Lipinski definition) is 3. The molecule has 0 aliphatic heterocycles. The monoisotopic (exact) mass is 207 g/mol. The third-order valence-corrected chi connectivity index (χ3v) is 1.73. The predicted octanol–water partition coefficient (Wildman–Crippen LogP) is 1.71. The van der Waals surface area contributed by atoms with Crippen LogP contribution >= 0.6 is 0 Å². The maximum Gasteiger partial charge on any atom is 0.132 e. The molecular formula is C10H7F2N3. The Morgan fingerprint density at radius 2 is 2.13 bits per heavy atom. The number of halogens is 2. The molecule has 0 unspecified atom stereocenters. The van der Waals surface area contributed by atoms with E-state index in [2.05, 4.69) is 11.7 Å². The minimum absolute atomic E-state index is 0.123. The number of hydrogen-bond donors (Lipinski definition) is 1. The van der Waals surface area contributed by atoms with Gasteiger partial charge in [-0.3, -0.25) is 0 Å². The molecule has 1 rings (SSSR count). The van der Waals surface area contributed by atoms with Gasteiger partial charge in [0.05, 0.1) is 5.57 Å². The maximum atomic E-state index is 13.2. The minimum Gasteiger partial charge on any atom is -0.323 e. The fourth-order valence-corrected chi connectivity index (χ4v) is 1.04. The molecule has 76 valence electrons. The quantitative estimate of drug-likeness (QED) is 0.347. The summed E-state index contributed by atoms with van der Waals surface area (Å²) in [6.07, 6.45) is 0. The summed E-state index contributed by atoms with van der Waals surface area (Å²) < 4.78 is 26.1. The zero-order valence-corrected chi connectivity index (χ0v) is 7.67. The van der Waals surface area contributed by atoms with Gasteiger partial charge in [0, 0.05) is 5.56 Å². The number of hydrazone groups is 1. The Kier molecular flexibility index (Phi) is 3.13. The molecule has 2 N–H and O–H groups in total. The summed E-state index contributed by atoms with van der Waals surface area (Å²) in [6.45, 7) is 3.33. The Morgan fingerprint density at radius 3 is 2.67 bits per heavy atom. The summed E-state index contributed by atoms with van der Waals surface area (Å²) in [6, 6.07) is 4.46. The molecule has 0 heterocycles. The largest absolute Gasteiger partial charge is 0.323 e. The third-order valence-electron chi connectivity index (χ3n) is 1.73. The normalized spacial score (nSPS) is 10.9. The van der Waals surface area contributed by atoms with Gasteiger partial charge in [-0.1, -0.05) is 6.58 Å². The average Bonchev–Trinajstić information content (AvgIpc) is 2.23. The molecule has 0 fully saturated rings. The molecule has 0 aliphatic rings. The molecule has 0 saturated carbocycles. The van der Waals surface area contributed by atoms with Crippen LogP contribution in [0.2, 0.25) is 0 Å². The van der Waals surface area contributed by atoms with Crippen LogP contribution in [0.25, 0.3) is 0 Å². The Labute approximate surface area is 85.1 Å². The van der Waals surface area contributed by atoms with E-state index in [1.165, 1.54) is 0 Å². The summed E-state index contributed by atoms with van der Waals surface area (Å²) >= 11 is 0. The van der Waals surface area contributed by atoms with Gasteiger partial charge in [-0.15, -0.1) is 0 Å².